The van der Waals surface area contributed by atoms with Crippen LogP contribution in [0, 0.1) is 0 Å². The van der Waals surface area contributed by atoms with Gasteiger partial charge in [-0.15, -0.1) is 13.2 Å². The summed E-state index contributed by atoms with van der Waals surface area (Å²) in [6, 6.07) is 0. The lowest BCUT2D eigenvalue weighted by Crippen LogP contribution is -2.38. The maximum atomic E-state index is 10.7. The maximum absolute atomic E-state index is 10.7. The normalized spacial score (nSPS) is 18.0. The number of likely N-dealkylation sites (tertiary alicyclic amines) is 1. The molecule has 12 heavy (non-hydrogen) atoms. The third kappa shape index (κ3) is 3.53. The fourth-order valence-corrected chi connectivity index (χ4v) is 1.18. The van der Waals surface area contributed by atoms with Crippen LogP contribution in [0.2, 0.25) is 0 Å². The fourth-order valence-electron chi connectivity index (χ4n) is 1.18. The molecule has 1 fully saturated rings. The topological polar surface area (TPSA) is 40.5 Å². The minimum absolute atomic E-state index is 0.118. The van der Waals surface area contributed by atoms with E-state index in [1.807, 2.05) is 0 Å². The molecule has 0 radical (unpaired) electrons. The van der Waals surface area contributed by atoms with Gasteiger partial charge >= 0.3 is 0 Å². The lowest BCUT2D eigenvalue weighted by Gasteiger charge is -2.28. The summed E-state index contributed by atoms with van der Waals surface area (Å²) in [6.07, 6.45) is 1.29. The number of amides is 1. The summed E-state index contributed by atoms with van der Waals surface area (Å²) in [5.74, 6) is 0.118. The average Bonchev–Trinajstić information content (AvgIpc) is 2.09. The van der Waals surface area contributed by atoms with Crippen LogP contribution in [0.4, 0.5) is 0 Å². The zero-order valence-corrected chi connectivity index (χ0v) is 7.62. The third-order valence-corrected chi connectivity index (χ3v) is 1.91. The molecule has 1 saturated heterocycles. The molecule has 0 saturated carbocycles. The molecule has 0 unspecified atom stereocenters. The van der Waals surface area contributed by atoms with Crippen LogP contribution in [0.15, 0.2) is 13.2 Å². The van der Waals surface area contributed by atoms with E-state index in [0.717, 1.165) is 25.9 Å². The molecule has 0 atom stereocenters. The summed E-state index contributed by atoms with van der Waals surface area (Å²) in [4.78, 5) is 12.5. The molecule has 0 aromatic rings. The molecule has 1 amide bonds. The lowest BCUT2D eigenvalue weighted by atomic mass is 10.1. The highest BCUT2D eigenvalue weighted by Gasteiger charge is 2.17. The Kier molecular flexibility index (Phi) is 5.37. The summed E-state index contributed by atoms with van der Waals surface area (Å²) in [5.41, 5.74) is 0. The second-order valence-corrected chi connectivity index (χ2v) is 2.74. The number of carbonyl (C=O) groups excluding carboxylic acids is 1. The second kappa shape index (κ2) is 5.77. The quantitative estimate of drug-likeness (QED) is 0.547. The number of hydrogen-bond acceptors (Lipinski definition) is 2. The van der Waals surface area contributed by atoms with E-state index in [4.69, 9.17) is 5.11 Å². The molecule has 1 aliphatic rings. The van der Waals surface area contributed by atoms with E-state index in [2.05, 4.69) is 13.2 Å². The summed E-state index contributed by atoms with van der Waals surface area (Å²) in [5, 5.41) is 9.07. The first-order valence-electron chi connectivity index (χ1n) is 4.13. The Balaban J connectivity index is 0.000000561. The monoisotopic (exact) mass is 171 g/mol. The first-order valence-corrected chi connectivity index (χ1v) is 4.13. The molecular weight excluding hydrogens is 154 g/mol. The highest BCUT2D eigenvalue weighted by molar-refractivity contribution is 5.73. The van der Waals surface area contributed by atoms with Gasteiger partial charge in [-0.3, -0.25) is 4.79 Å². The molecule has 0 bridgehead atoms. The molecule has 1 rings (SSSR count). The molecule has 1 aliphatic heterocycles. The van der Waals surface area contributed by atoms with Crippen LogP contribution >= 0.6 is 0 Å². The number of aliphatic hydroxyl groups is 1. The molecule has 0 spiro atoms. The van der Waals surface area contributed by atoms with Crippen molar-refractivity contribution in [2.75, 3.05) is 13.1 Å². The van der Waals surface area contributed by atoms with E-state index in [0.29, 0.717) is 0 Å². The Hall–Kier alpha value is -0.830. The highest BCUT2D eigenvalue weighted by Crippen LogP contribution is 2.09. The predicted octanol–water partition coefficient (Wildman–Crippen LogP) is 0.792. The van der Waals surface area contributed by atoms with E-state index >= 15 is 0 Å². The van der Waals surface area contributed by atoms with Gasteiger partial charge in [0.15, 0.2) is 0 Å². The molecule has 1 N–H and O–H groups in total. The summed E-state index contributed by atoms with van der Waals surface area (Å²) in [6.45, 7) is 9.00. The minimum Gasteiger partial charge on any atom is -0.393 e. The zero-order chi connectivity index (χ0) is 9.56. The Morgan fingerprint density at radius 2 is 1.83 bits per heavy atom. The van der Waals surface area contributed by atoms with Crippen LogP contribution in [0.25, 0.3) is 0 Å². The number of hydrogen-bond donors (Lipinski definition) is 1. The van der Waals surface area contributed by atoms with E-state index in [9.17, 15) is 4.79 Å². The second-order valence-electron chi connectivity index (χ2n) is 2.74. The molecule has 0 aromatic heterocycles. The van der Waals surface area contributed by atoms with Crippen LogP contribution in [-0.2, 0) is 4.79 Å². The van der Waals surface area contributed by atoms with Gasteiger partial charge in [-0.25, -0.2) is 0 Å². The van der Waals surface area contributed by atoms with E-state index < -0.39 is 0 Å². The van der Waals surface area contributed by atoms with Crippen molar-refractivity contribution in [3.63, 3.8) is 0 Å². The summed E-state index contributed by atoms with van der Waals surface area (Å²) >= 11 is 0. The summed E-state index contributed by atoms with van der Waals surface area (Å²) in [7, 11) is 0. The first kappa shape index (κ1) is 11.2. The number of carbonyl (C=O) groups is 1. The highest BCUT2D eigenvalue weighted by atomic mass is 16.3. The maximum Gasteiger partial charge on any atom is 0.219 e. The third-order valence-electron chi connectivity index (χ3n) is 1.91. The van der Waals surface area contributed by atoms with Gasteiger partial charge in [0.2, 0.25) is 5.91 Å². The SMILES string of the molecule is C=C.CC(=O)N1CCC(O)CC1. The van der Waals surface area contributed by atoms with Crippen LogP contribution in [-0.4, -0.2) is 35.1 Å². The number of aliphatic hydroxyl groups excluding tert-OH is 1. The van der Waals surface area contributed by atoms with Gasteiger partial charge in [-0.1, -0.05) is 0 Å². The van der Waals surface area contributed by atoms with Gasteiger partial charge in [0.05, 0.1) is 6.10 Å². The smallest absolute Gasteiger partial charge is 0.219 e. The van der Waals surface area contributed by atoms with Gasteiger partial charge in [-0.2, -0.15) is 0 Å². The molecule has 1 heterocycles. The van der Waals surface area contributed by atoms with Gasteiger partial charge in [0.1, 0.15) is 0 Å². The van der Waals surface area contributed by atoms with Crippen LogP contribution in [0.5, 0.6) is 0 Å². The van der Waals surface area contributed by atoms with Gasteiger partial charge < -0.3 is 10.0 Å². The van der Waals surface area contributed by atoms with Gasteiger partial charge in [-0.05, 0) is 12.8 Å². The fraction of sp³-hybridized carbons (Fsp3) is 0.667. The van der Waals surface area contributed by atoms with Gasteiger partial charge in [0.25, 0.3) is 0 Å². The summed E-state index contributed by atoms with van der Waals surface area (Å²) < 4.78 is 0. The number of nitrogens with zero attached hydrogens (tertiary/aromatic N) is 1. The van der Waals surface area contributed by atoms with Crippen molar-refractivity contribution in [2.45, 2.75) is 25.9 Å². The molecule has 3 nitrogen and oxygen atoms in total. The van der Waals surface area contributed by atoms with Crippen LogP contribution in [0.3, 0.4) is 0 Å². The average molecular weight is 171 g/mol. The molecule has 3 heteroatoms. The van der Waals surface area contributed by atoms with Crippen molar-refractivity contribution < 1.29 is 9.90 Å². The largest absolute Gasteiger partial charge is 0.393 e. The Bertz CT molecular complexity index is 139. The molecule has 0 aliphatic carbocycles. The van der Waals surface area contributed by atoms with E-state index in [1.54, 1.807) is 11.8 Å². The van der Waals surface area contributed by atoms with Crippen LogP contribution in [0.1, 0.15) is 19.8 Å². The number of piperidine rings is 1. The predicted molar refractivity (Wildman–Crippen MR) is 48.7 cm³/mol. The number of rotatable bonds is 0. The van der Waals surface area contributed by atoms with Gasteiger partial charge in [0, 0.05) is 20.0 Å². The molecule has 70 valence electrons. The van der Waals surface area contributed by atoms with E-state index in [-0.39, 0.29) is 12.0 Å². The van der Waals surface area contributed by atoms with Crippen molar-refractivity contribution in [1.82, 2.24) is 4.90 Å². The van der Waals surface area contributed by atoms with Crippen LogP contribution < -0.4 is 0 Å². The Morgan fingerprint density at radius 3 is 2.17 bits per heavy atom. The van der Waals surface area contributed by atoms with Crippen molar-refractivity contribution in [1.29, 1.82) is 0 Å². The Morgan fingerprint density at radius 1 is 1.42 bits per heavy atom. The zero-order valence-electron chi connectivity index (χ0n) is 7.62. The van der Waals surface area contributed by atoms with Crippen molar-refractivity contribution in [2.24, 2.45) is 0 Å². The lowest BCUT2D eigenvalue weighted by molar-refractivity contribution is -0.130. The van der Waals surface area contributed by atoms with Crippen molar-refractivity contribution in [3.05, 3.63) is 13.2 Å². The standard InChI is InChI=1S/C7H13NO2.C2H4/c1-6(9)8-4-2-7(10)3-5-8;1-2/h7,10H,2-5H2,1H3;1-2H2. The minimum atomic E-state index is -0.185. The molecular formula is C9H17NO2. The van der Waals surface area contributed by atoms with Crippen molar-refractivity contribution in [3.8, 4) is 0 Å². The van der Waals surface area contributed by atoms with E-state index in [1.165, 1.54) is 0 Å². The molecule has 0 aromatic carbocycles. The van der Waals surface area contributed by atoms with Crippen molar-refractivity contribution >= 4 is 5.91 Å². The Labute approximate surface area is 73.7 Å². The first-order chi connectivity index (χ1) is 5.70.